The van der Waals surface area contributed by atoms with Crippen LogP contribution in [0.1, 0.15) is 55.3 Å². The van der Waals surface area contributed by atoms with Gasteiger partial charge in [0.25, 0.3) is 0 Å². The van der Waals surface area contributed by atoms with Crippen LogP contribution >= 0.6 is 11.3 Å². The van der Waals surface area contributed by atoms with Crippen LogP contribution in [0.15, 0.2) is 24.3 Å². The number of ketones is 1. The minimum absolute atomic E-state index is 0.0790. The summed E-state index contributed by atoms with van der Waals surface area (Å²) in [6.07, 6.45) is 4.82. The van der Waals surface area contributed by atoms with Crippen molar-refractivity contribution in [3.05, 3.63) is 29.3 Å². The summed E-state index contributed by atoms with van der Waals surface area (Å²) in [5, 5.41) is 3.42. The van der Waals surface area contributed by atoms with Crippen molar-refractivity contribution >= 4 is 33.2 Å². The summed E-state index contributed by atoms with van der Waals surface area (Å²) in [4.78, 5) is 30.1. The topological polar surface area (TPSA) is 94.3 Å². The van der Waals surface area contributed by atoms with E-state index in [4.69, 9.17) is 10.5 Å². The van der Waals surface area contributed by atoms with Crippen LogP contribution in [-0.2, 0) is 9.53 Å². The molecule has 1 heterocycles. The number of rotatable bonds is 13. The molecule has 7 heteroatoms. The molecule has 1 aromatic heterocycles. The first-order valence-corrected chi connectivity index (χ1v) is 10.8. The van der Waals surface area contributed by atoms with Gasteiger partial charge >= 0.3 is 0 Å². The molecule has 3 N–H and O–H groups in total. The Bertz CT molecular complexity index is 729. The van der Waals surface area contributed by atoms with Gasteiger partial charge in [-0.05, 0) is 50.8 Å². The monoisotopic (exact) mass is 405 g/mol. The van der Waals surface area contributed by atoms with Crippen molar-refractivity contribution in [2.45, 2.75) is 51.5 Å². The minimum Gasteiger partial charge on any atom is -0.385 e. The molecule has 2 atom stereocenters. The standard InChI is InChI=1S/C21H31N3O3S/c1-15(9-6-8-14-27-2)20(26)23-17(11-5-7-13-22)19(25)21-24-16-10-3-4-12-18(16)28-21/h3-4,10,12,15,17H,5-9,11,13-14,22H2,1-2H3,(H,23,26)/t15?,17-/m0/s1. The number of hydrogen-bond donors (Lipinski definition) is 2. The van der Waals surface area contributed by atoms with Gasteiger partial charge in [0.15, 0.2) is 5.01 Å². The van der Waals surface area contributed by atoms with Gasteiger partial charge in [0.1, 0.15) is 0 Å². The number of aromatic nitrogens is 1. The average molecular weight is 406 g/mol. The maximum absolute atomic E-state index is 13.1. The third kappa shape index (κ3) is 6.65. The van der Waals surface area contributed by atoms with E-state index < -0.39 is 6.04 Å². The summed E-state index contributed by atoms with van der Waals surface area (Å²) < 4.78 is 6.02. The van der Waals surface area contributed by atoms with Crippen LogP contribution in [0.3, 0.4) is 0 Å². The molecule has 6 nitrogen and oxygen atoms in total. The van der Waals surface area contributed by atoms with Crippen molar-refractivity contribution in [3.63, 3.8) is 0 Å². The van der Waals surface area contributed by atoms with Gasteiger partial charge in [-0.1, -0.05) is 25.5 Å². The van der Waals surface area contributed by atoms with Crippen molar-refractivity contribution in [2.75, 3.05) is 20.3 Å². The molecular weight excluding hydrogens is 374 g/mol. The quantitative estimate of drug-likeness (QED) is 0.393. The Morgan fingerprint density at radius 3 is 2.64 bits per heavy atom. The smallest absolute Gasteiger partial charge is 0.223 e. The van der Waals surface area contributed by atoms with Crippen molar-refractivity contribution in [3.8, 4) is 0 Å². The van der Waals surface area contributed by atoms with E-state index in [1.54, 1.807) is 7.11 Å². The highest BCUT2D eigenvalue weighted by molar-refractivity contribution is 7.20. The van der Waals surface area contributed by atoms with E-state index in [9.17, 15) is 9.59 Å². The SMILES string of the molecule is COCCCCC(C)C(=O)N[C@@H](CCCCN)C(=O)c1nc2ccccc2s1. The van der Waals surface area contributed by atoms with Crippen molar-refractivity contribution < 1.29 is 14.3 Å². The molecule has 0 bridgehead atoms. The highest BCUT2D eigenvalue weighted by atomic mass is 32.1. The molecule has 0 saturated heterocycles. The average Bonchev–Trinajstić information content (AvgIpc) is 3.14. The number of amides is 1. The number of nitrogens with two attached hydrogens (primary N) is 1. The van der Waals surface area contributed by atoms with Gasteiger partial charge < -0.3 is 15.8 Å². The maximum atomic E-state index is 13.1. The molecule has 0 aliphatic rings. The lowest BCUT2D eigenvalue weighted by atomic mass is 10.0. The van der Waals surface area contributed by atoms with Crippen LogP contribution in [-0.4, -0.2) is 43.0 Å². The van der Waals surface area contributed by atoms with Gasteiger partial charge in [-0.2, -0.15) is 0 Å². The Morgan fingerprint density at radius 2 is 1.93 bits per heavy atom. The molecule has 2 rings (SSSR count). The van der Waals surface area contributed by atoms with Crippen LogP contribution in [0.2, 0.25) is 0 Å². The summed E-state index contributed by atoms with van der Waals surface area (Å²) in [6.45, 7) is 3.18. The molecule has 154 valence electrons. The van der Waals surface area contributed by atoms with E-state index in [1.165, 1.54) is 11.3 Å². The predicted molar refractivity (Wildman–Crippen MR) is 114 cm³/mol. The van der Waals surface area contributed by atoms with E-state index >= 15 is 0 Å². The Balaban J connectivity index is 2.03. The number of unbranched alkanes of at least 4 members (excludes halogenated alkanes) is 2. The molecule has 0 spiro atoms. The molecule has 28 heavy (non-hydrogen) atoms. The molecule has 0 radical (unpaired) electrons. The first kappa shape index (κ1) is 22.5. The molecule has 0 aliphatic carbocycles. The van der Waals surface area contributed by atoms with Crippen molar-refractivity contribution in [1.82, 2.24) is 10.3 Å². The second-order valence-corrected chi connectivity index (χ2v) is 8.12. The summed E-state index contributed by atoms with van der Waals surface area (Å²) in [6, 6.07) is 7.13. The number of carbonyl (C=O) groups is 2. The van der Waals surface area contributed by atoms with E-state index in [0.29, 0.717) is 24.6 Å². The zero-order valence-corrected chi connectivity index (χ0v) is 17.6. The van der Waals surface area contributed by atoms with Gasteiger partial charge in [0, 0.05) is 19.6 Å². The normalized spacial score (nSPS) is 13.4. The molecule has 1 aromatic carbocycles. The van der Waals surface area contributed by atoms with Gasteiger partial charge in [-0.25, -0.2) is 4.98 Å². The number of fused-ring (bicyclic) bond motifs is 1. The molecule has 1 unspecified atom stereocenters. The van der Waals surface area contributed by atoms with E-state index in [1.807, 2.05) is 31.2 Å². The fourth-order valence-electron chi connectivity index (χ4n) is 3.03. The first-order chi connectivity index (χ1) is 13.6. The maximum Gasteiger partial charge on any atom is 0.223 e. The van der Waals surface area contributed by atoms with Gasteiger partial charge in [-0.15, -0.1) is 11.3 Å². The highest BCUT2D eigenvalue weighted by Gasteiger charge is 2.26. The molecular formula is C21H31N3O3S. The number of carbonyl (C=O) groups excluding carboxylic acids is 2. The van der Waals surface area contributed by atoms with Crippen LogP contribution in [0.5, 0.6) is 0 Å². The fraction of sp³-hybridized carbons (Fsp3) is 0.571. The lowest BCUT2D eigenvalue weighted by Gasteiger charge is -2.19. The van der Waals surface area contributed by atoms with Crippen molar-refractivity contribution in [1.29, 1.82) is 0 Å². The molecule has 0 fully saturated rings. The van der Waals surface area contributed by atoms with Gasteiger partial charge in [0.2, 0.25) is 11.7 Å². The third-order valence-corrected chi connectivity index (χ3v) is 5.82. The number of nitrogens with zero attached hydrogens (tertiary/aromatic N) is 1. The van der Waals surface area contributed by atoms with E-state index in [2.05, 4.69) is 10.3 Å². The first-order valence-electron chi connectivity index (χ1n) is 9.96. The van der Waals surface area contributed by atoms with Crippen LogP contribution in [0.4, 0.5) is 0 Å². The zero-order chi connectivity index (χ0) is 20.4. The lowest BCUT2D eigenvalue weighted by molar-refractivity contribution is -0.125. The van der Waals surface area contributed by atoms with E-state index in [-0.39, 0.29) is 17.6 Å². The number of thiazole rings is 1. The number of benzene rings is 1. The Hall–Kier alpha value is -1.83. The largest absolute Gasteiger partial charge is 0.385 e. The van der Waals surface area contributed by atoms with Crippen LogP contribution in [0.25, 0.3) is 10.2 Å². The predicted octanol–water partition coefficient (Wildman–Crippen LogP) is 3.55. The number of nitrogens with one attached hydrogen (secondary N) is 1. The highest BCUT2D eigenvalue weighted by Crippen LogP contribution is 2.23. The zero-order valence-electron chi connectivity index (χ0n) is 16.8. The molecule has 2 aromatic rings. The molecule has 0 aliphatic heterocycles. The Kier molecular flexibility index (Phi) is 9.54. The molecule has 1 amide bonds. The number of Topliss-reactive ketones (excluding diaryl/α,β-unsaturated/α-hetero) is 1. The number of para-hydroxylation sites is 1. The minimum atomic E-state index is -0.555. The summed E-state index contributed by atoms with van der Waals surface area (Å²) in [5.74, 6) is -0.334. The van der Waals surface area contributed by atoms with Gasteiger partial charge in [0.05, 0.1) is 16.3 Å². The second-order valence-electron chi connectivity index (χ2n) is 7.09. The summed E-state index contributed by atoms with van der Waals surface area (Å²) >= 11 is 1.38. The lowest BCUT2D eigenvalue weighted by Crippen LogP contribution is -2.43. The summed E-state index contributed by atoms with van der Waals surface area (Å²) in [5.41, 5.74) is 6.40. The Labute approximate surface area is 170 Å². The second kappa shape index (κ2) is 11.9. The third-order valence-electron chi connectivity index (χ3n) is 4.77. The van der Waals surface area contributed by atoms with Crippen molar-refractivity contribution in [2.24, 2.45) is 11.7 Å². The number of methoxy groups -OCH3 is 1. The number of hydrogen-bond acceptors (Lipinski definition) is 6. The fourth-order valence-corrected chi connectivity index (χ4v) is 3.99. The van der Waals surface area contributed by atoms with Gasteiger partial charge in [-0.3, -0.25) is 9.59 Å². The summed E-state index contributed by atoms with van der Waals surface area (Å²) in [7, 11) is 1.68. The van der Waals surface area contributed by atoms with Crippen LogP contribution in [0, 0.1) is 5.92 Å². The Morgan fingerprint density at radius 1 is 1.18 bits per heavy atom. The number of ether oxygens (including phenoxy) is 1. The van der Waals surface area contributed by atoms with Crippen LogP contribution < -0.4 is 11.1 Å². The van der Waals surface area contributed by atoms with E-state index in [0.717, 1.165) is 42.3 Å². The molecule has 0 saturated carbocycles.